The van der Waals surface area contributed by atoms with E-state index in [0.717, 1.165) is 0 Å². The smallest absolute Gasteiger partial charge is 0.275 e. The monoisotopic (exact) mass is 525 g/mol. The molecule has 5 rings (SSSR count). The fourth-order valence-corrected chi connectivity index (χ4v) is 4.94. The van der Waals surface area contributed by atoms with Gasteiger partial charge in [0, 0.05) is 22.0 Å². The Balaban J connectivity index is 1.82. The van der Waals surface area contributed by atoms with Gasteiger partial charge in [-0.05, 0) is 56.3 Å². The van der Waals surface area contributed by atoms with Crippen LogP contribution in [0, 0.1) is 25.2 Å². The van der Waals surface area contributed by atoms with Crippen LogP contribution in [0.5, 0.6) is 5.75 Å². The van der Waals surface area contributed by atoms with Gasteiger partial charge in [-0.15, -0.1) is 0 Å². The van der Waals surface area contributed by atoms with Gasteiger partial charge in [0.25, 0.3) is 11.1 Å². The molecule has 0 amide bonds. The number of hydrogen-bond acceptors (Lipinski definition) is 4. The maximum absolute atomic E-state index is 14.0. The minimum atomic E-state index is -0.843. The molecule has 2 N–H and O–H groups in total. The predicted molar refractivity (Wildman–Crippen MR) is 146 cm³/mol. The van der Waals surface area contributed by atoms with Crippen LogP contribution in [-0.2, 0) is 0 Å². The van der Waals surface area contributed by atoms with Gasteiger partial charge in [-0.25, -0.2) is 9.36 Å². The molecule has 0 radical (unpaired) electrons. The third-order valence-corrected chi connectivity index (χ3v) is 6.65. The first-order valence-electron chi connectivity index (χ1n) is 11.9. The summed E-state index contributed by atoms with van der Waals surface area (Å²) < 4.78 is 8.66. The summed E-state index contributed by atoms with van der Waals surface area (Å²) in [5, 5.41) is 15.9. The van der Waals surface area contributed by atoms with Gasteiger partial charge in [0.2, 0.25) is 0 Å². The molecule has 2 heterocycles. The van der Waals surface area contributed by atoms with E-state index in [2.05, 4.69) is 10.2 Å². The molecule has 190 valence electrons. The van der Waals surface area contributed by atoms with Gasteiger partial charge in [0.15, 0.2) is 6.61 Å². The van der Waals surface area contributed by atoms with Gasteiger partial charge in [-0.3, -0.25) is 19.8 Å². The minimum Gasteiger partial charge on any atom is -0.478 e. The summed E-state index contributed by atoms with van der Waals surface area (Å²) in [5.74, 6) is -0.483. The number of aryl methyl sites for hydroxylation is 2. The quantitative estimate of drug-likeness (QED) is 0.312. The second-order valence-electron chi connectivity index (χ2n) is 8.82. The zero-order valence-corrected chi connectivity index (χ0v) is 21.5. The third kappa shape index (κ3) is 4.44. The van der Waals surface area contributed by atoms with E-state index in [0.29, 0.717) is 50.2 Å². The Kier molecular flexibility index (Phi) is 6.77. The highest BCUT2D eigenvalue weighted by molar-refractivity contribution is 6.30. The van der Waals surface area contributed by atoms with E-state index in [1.54, 1.807) is 32.0 Å². The van der Waals surface area contributed by atoms with Crippen LogP contribution >= 0.6 is 11.6 Å². The van der Waals surface area contributed by atoms with Crippen molar-refractivity contribution in [2.75, 3.05) is 6.61 Å². The Morgan fingerprint density at radius 1 is 0.842 bits per heavy atom. The molecule has 5 aromatic rings. The van der Waals surface area contributed by atoms with Gasteiger partial charge in [-0.1, -0.05) is 48.0 Å². The Labute approximate surface area is 223 Å². The normalized spacial score (nSPS) is 11.0. The highest BCUT2D eigenvalue weighted by atomic mass is 35.5. The fourth-order valence-electron chi connectivity index (χ4n) is 4.76. The van der Waals surface area contributed by atoms with E-state index in [1.807, 2.05) is 66.7 Å². The van der Waals surface area contributed by atoms with Crippen LogP contribution < -0.4 is 15.9 Å². The molecule has 2 aromatic heterocycles. The van der Waals surface area contributed by atoms with Crippen molar-refractivity contribution in [1.82, 2.24) is 19.6 Å². The van der Waals surface area contributed by atoms with E-state index in [9.17, 15) is 9.59 Å². The Bertz CT molecular complexity index is 1660. The SMILES string of the molecule is Cc1[nH]n(-c2ccccc2)c(=O)c1C(c1cc(Cl)ccc1OCC#N)c1c(C)[nH]n(-c2ccccc2)c1=O. The summed E-state index contributed by atoms with van der Waals surface area (Å²) in [7, 11) is 0. The molecule has 0 aliphatic heterocycles. The number of H-pyrrole nitrogens is 2. The lowest BCUT2D eigenvalue weighted by molar-refractivity contribution is 0.363. The van der Waals surface area contributed by atoms with Crippen molar-refractivity contribution in [1.29, 1.82) is 5.26 Å². The third-order valence-electron chi connectivity index (χ3n) is 6.42. The first kappa shape index (κ1) is 24.9. The molecule has 38 heavy (non-hydrogen) atoms. The first-order chi connectivity index (χ1) is 18.4. The number of para-hydroxylation sites is 2. The van der Waals surface area contributed by atoms with Crippen LogP contribution in [0.2, 0.25) is 5.02 Å². The predicted octanol–water partition coefficient (Wildman–Crippen LogP) is 5.00. The van der Waals surface area contributed by atoms with Crippen molar-refractivity contribution >= 4 is 11.6 Å². The lowest BCUT2D eigenvalue weighted by atomic mass is 9.84. The van der Waals surface area contributed by atoms with Gasteiger partial charge in [0.05, 0.1) is 28.4 Å². The summed E-state index contributed by atoms with van der Waals surface area (Å²) >= 11 is 6.43. The lowest BCUT2D eigenvalue weighted by Gasteiger charge is -2.19. The molecule has 3 aromatic carbocycles. The molecule has 0 unspecified atom stereocenters. The fraction of sp³-hybridized carbons (Fsp3) is 0.138. The van der Waals surface area contributed by atoms with Crippen LogP contribution in [0.1, 0.15) is 34.0 Å². The number of hydrogen-bond donors (Lipinski definition) is 2. The topological polar surface area (TPSA) is 109 Å². The average Bonchev–Trinajstić information content (AvgIpc) is 3.39. The number of benzene rings is 3. The van der Waals surface area contributed by atoms with Crippen molar-refractivity contribution in [2.45, 2.75) is 19.8 Å². The summed E-state index contributed by atoms with van der Waals surface area (Å²) in [6.07, 6.45) is 0. The number of nitrogens with one attached hydrogen (secondary N) is 2. The molecule has 8 nitrogen and oxygen atoms in total. The molecule has 9 heteroatoms. The maximum atomic E-state index is 14.0. The summed E-state index contributed by atoms with van der Waals surface area (Å²) in [5.41, 5.74) is 3.12. The van der Waals surface area contributed by atoms with Crippen molar-refractivity contribution in [3.8, 4) is 23.2 Å². The number of halogens is 1. The zero-order chi connectivity index (χ0) is 26.8. The van der Waals surface area contributed by atoms with E-state index < -0.39 is 5.92 Å². The second-order valence-corrected chi connectivity index (χ2v) is 9.25. The number of ether oxygens (including phenoxy) is 1. The molecule has 0 saturated carbocycles. The number of aromatic amines is 2. The zero-order valence-electron chi connectivity index (χ0n) is 20.7. The largest absolute Gasteiger partial charge is 0.478 e. The molecule has 0 aliphatic carbocycles. The Morgan fingerprint density at radius 3 is 1.82 bits per heavy atom. The van der Waals surface area contributed by atoms with Crippen molar-refractivity contribution < 1.29 is 4.74 Å². The van der Waals surface area contributed by atoms with Gasteiger partial charge >= 0.3 is 0 Å². The number of rotatable bonds is 7. The van der Waals surface area contributed by atoms with E-state index in [4.69, 9.17) is 21.6 Å². The Morgan fingerprint density at radius 2 is 1.34 bits per heavy atom. The van der Waals surface area contributed by atoms with Gasteiger partial charge < -0.3 is 4.74 Å². The Hall–Kier alpha value is -4.74. The average molecular weight is 526 g/mol. The number of nitrogens with zero attached hydrogens (tertiary/aromatic N) is 3. The molecule has 0 fully saturated rings. The molecule has 0 saturated heterocycles. The summed E-state index contributed by atoms with van der Waals surface area (Å²) in [6, 6.07) is 25.3. The summed E-state index contributed by atoms with van der Waals surface area (Å²) in [4.78, 5) is 27.9. The number of nitriles is 1. The highest BCUT2D eigenvalue weighted by Gasteiger charge is 2.33. The van der Waals surface area contributed by atoms with Crippen molar-refractivity contribution in [2.24, 2.45) is 0 Å². The molecule has 0 aliphatic rings. The summed E-state index contributed by atoms with van der Waals surface area (Å²) in [6.45, 7) is 3.38. The first-order valence-corrected chi connectivity index (χ1v) is 12.3. The van der Waals surface area contributed by atoms with Crippen LogP contribution in [0.25, 0.3) is 11.4 Å². The highest BCUT2D eigenvalue weighted by Crippen LogP contribution is 2.38. The maximum Gasteiger partial charge on any atom is 0.275 e. The molecule has 0 spiro atoms. The van der Waals surface area contributed by atoms with E-state index in [1.165, 1.54) is 9.36 Å². The van der Waals surface area contributed by atoms with Crippen LogP contribution in [0.4, 0.5) is 0 Å². The van der Waals surface area contributed by atoms with E-state index >= 15 is 0 Å². The number of aromatic nitrogens is 4. The second kappa shape index (κ2) is 10.3. The standard InChI is InChI=1S/C29H24ClN5O3/c1-18-25(28(36)34(32-18)21-9-5-3-6-10-21)27(23-17-20(30)13-14-24(23)38-16-15-31)26-19(2)33-35(29(26)37)22-11-7-4-8-12-22/h3-14,17,27,32-33H,16H2,1-2H3. The molecule has 0 bridgehead atoms. The van der Waals surface area contributed by atoms with Gasteiger partial charge in [0.1, 0.15) is 11.8 Å². The van der Waals surface area contributed by atoms with Crippen LogP contribution in [0.3, 0.4) is 0 Å². The van der Waals surface area contributed by atoms with Gasteiger partial charge in [-0.2, -0.15) is 5.26 Å². The minimum absolute atomic E-state index is 0.206. The lowest BCUT2D eigenvalue weighted by Crippen LogP contribution is -2.25. The molecule has 0 atom stereocenters. The van der Waals surface area contributed by atoms with Crippen LogP contribution in [0.15, 0.2) is 88.5 Å². The van der Waals surface area contributed by atoms with Crippen molar-refractivity contribution in [3.05, 3.63) is 133 Å². The molecular weight excluding hydrogens is 502 g/mol. The van der Waals surface area contributed by atoms with E-state index in [-0.39, 0.29) is 17.7 Å². The molecular formula is C29H24ClN5O3. The van der Waals surface area contributed by atoms with Crippen molar-refractivity contribution in [3.63, 3.8) is 0 Å². The van der Waals surface area contributed by atoms with Crippen LogP contribution in [-0.4, -0.2) is 26.2 Å².